The third-order valence-electron chi connectivity index (χ3n) is 2.80. The molecule has 0 saturated heterocycles. The highest BCUT2D eigenvalue weighted by atomic mass is 15.1. The summed E-state index contributed by atoms with van der Waals surface area (Å²) in [6.07, 6.45) is 8.89. The number of aryl methyl sites for hydroxylation is 1. The summed E-state index contributed by atoms with van der Waals surface area (Å²) >= 11 is 0. The van der Waals surface area contributed by atoms with E-state index in [-0.39, 0.29) is 5.69 Å². The first-order valence-corrected chi connectivity index (χ1v) is 6.18. The van der Waals surface area contributed by atoms with Crippen LogP contribution in [0.2, 0.25) is 0 Å². The van der Waals surface area contributed by atoms with Gasteiger partial charge in [-0.2, -0.15) is 10.5 Å². The van der Waals surface area contributed by atoms with E-state index >= 15 is 0 Å². The van der Waals surface area contributed by atoms with Crippen LogP contribution in [0.1, 0.15) is 56.8 Å². The Kier molecular flexibility index (Phi) is 5.82. The van der Waals surface area contributed by atoms with E-state index in [1.807, 2.05) is 12.1 Å². The summed E-state index contributed by atoms with van der Waals surface area (Å²) in [6.45, 7) is 2.98. The van der Waals surface area contributed by atoms with Crippen molar-refractivity contribution in [2.75, 3.05) is 0 Å². The average Bonchev–Trinajstić information content (AvgIpc) is 2.75. The first-order valence-electron chi connectivity index (χ1n) is 6.18. The summed E-state index contributed by atoms with van der Waals surface area (Å²) < 4.78 is 1.78. The van der Waals surface area contributed by atoms with Crippen LogP contribution in [-0.4, -0.2) is 9.55 Å². The van der Waals surface area contributed by atoms with Crippen LogP contribution in [0.3, 0.4) is 0 Å². The molecule has 0 atom stereocenters. The van der Waals surface area contributed by atoms with Crippen molar-refractivity contribution in [1.82, 2.24) is 9.55 Å². The molecular weight excluding hydrogens is 212 g/mol. The summed E-state index contributed by atoms with van der Waals surface area (Å²) in [5.41, 5.74) is 0.625. The van der Waals surface area contributed by atoms with Gasteiger partial charge in [0.15, 0.2) is 11.4 Å². The summed E-state index contributed by atoms with van der Waals surface area (Å²) in [6, 6.07) is 3.97. The molecule has 0 spiro atoms. The van der Waals surface area contributed by atoms with E-state index in [2.05, 4.69) is 11.9 Å². The number of unbranched alkanes of at least 4 members (excludes halogenated alkanes) is 5. The number of hydrogen-bond acceptors (Lipinski definition) is 3. The van der Waals surface area contributed by atoms with Crippen LogP contribution in [0.4, 0.5) is 0 Å². The Morgan fingerprint density at radius 1 is 1.12 bits per heavy atom. The van der Waals surface area contributed by atoms with E-state index < -0.39 is 0 Å². The van der Waals surface area contributed by atoms with E-state index in [9.17, 15) is 0 Å². The molecule has 1 rings (SSSR count). The van der Waals surface area contributed by atoms with Gasteiger partial charge in [0.1, 0.15) is 12.1 Å². The van der Waals surface area contributed by atoms with Gasteiger partial charge in [-0.15, -0.1) is 0 Å². The maximum Gasteiger partial charge on any atom is 0.176 e. The maximum absolute atomic E-state index is 8.93. The monoisotopic (exact) mass is 230 g/mol. The molecule has 0 aliphatic rings. The molecule has 4 heteroatoms. The lowest BCUT2D eigenvalue weighted by atomic mass is 10.1. The van der Waals surface area contributed by atoms with Gasteiger partial charge in [0.25, 0.3) is 0 Å². The zero-order valence-corrected chi connectivity index (χ0v) is 10.3. The van der Waals surface area contributed by atoms with Crippen LogP contribution < -0.4 is 0 Å². The van der Waals surface area contributed by atoms with Gasteiger partial charge in [-0.3, -0.25) is 0 Å². The van der Waals surface area contributed by atoms with Gasteiger partial charge in [-0.1, -0.05) is 39.0 Å². The molecule has 1 aromatic rings. The highest BCUT2D eigenvalue weighted by Crippen LogP contribution is 2.09. The molecule has 0 N–H and O–H groups in total. The Morgan fingerprint density at radius 2 is 1.82 bits per heavy atom. The van der Waals surface area contributed by atoms with Crippen molar-refractivity contribution in [2.45, 2.75) is 52.0 Å². The highest BCUT2D eigenvalue weighted by Gasteiger charge is 2.08. The standard InChI is InChI=1S/C13H18N4/c1-2-3-4-5-6-7-8-17-11-16-12(9-14)13(17)10-15/h11H,2-8H2,1H3. The summed E-state index contributed by atoms with van der Waals surface area (Å²) in [7, 11) is 0. The Labute approximate surface area is 103 Å². The van der Waals surface area contributed by atoms with Crippen LogP contribution >= 0.6 is 0 Å². The summed E-state index contributed by atoms with van der Waals surface area (Å²) in [5.74, 6) is 0. The Hall–Kier alpha value is -1.81. The topological polar surface area (TPSA) is 65.4 Å². The van der Waals surface area contributed by atoms with Gasteiger partial charge >= 0.3 is 0 Å². The fourth-order valence-electron chi connectivity index (χ4n) is 1.81. The van der Waals surface area contributed by atoms with Gasteiger partial charge in [-0.25, -0.2) is 4.98 Å². The molecule has 0 aromatic carbocycles. The zero-order valence-electron chi connectivity index (χ0n) is 10.3. The van der Waals surface area contributed by atoms with Crippen molar-refractivity contribution in [2.24, 2.45) is 0 Å². The Bertz CT molecular complexity index is 420. The van der Waals surface area contributed by atoms with E-state index in [1.165, 1.54) is 32.1 Å². The molecule has 0 saturated carbocycles. The van der Waals surface area contributed by atoms with Crippen molar-refractivity contribution >= 4 is 0 Å². The van der Waals surface area contributed by atoms with E-state index in [4.69, 9.17) is 10.5 Å². The number of imidazole rings is 1. The average molecular weight is 230 g/mol. The number of hydrogen-bond donors (Lipinski definition) is 0. The third-order valence-corrected chi connectivity index (χ3v) is 2.80. The largest absolute Gasteiger partial charge is 0.321 e. The molecule has 0 bridgehead atoms. The lowest BCUT2D eigenvalue weighted by molar-refractivity contribution is 0.555. The van der Waals surface area contributed by atoms with E-state index in [1.54, 1.807) is 10.9 Å². The molecule has 0 aliphatic heterocycles. The van der Waals surface area contributed by atoms with Crippen molar-refractivity contribution in [3.8, 4) is 12.1 Å². The number of nitrogens with zero attached hydrogens (tertiary/aromatic N) is 4. The summed E-state index contributed by atoms with van der Waals surface area (Å²) in [5, 5.41) is 17.7. The normalized spacial score (nSPS) is 9.82. The number of nitriles is 2. The molecule has 17 heavy (non-hydrogen) atoms. The van der Waals surface area contributed by atoms with Crippen LogP contribution in [0.15, 0.2) is 6.33 Å². The molecule has 90 valence electrons. The van der Waals surface area contributed by atoms with Crippen LogP contribution in [0.5, 0.6) is 0 Å². The number of aromatic nitrogens is 2. The summed E-state index contributed by atoms with van der Waals surface area (Å²) in [4.78, 5) is 3.91. The van der Waals surface area contributed by atoms with Crippen molar-refractivity contribution in [3.63, 3.8) is 0 Å². The second-order valence-electron chi connectivity index (χ2n) is 4.13. The van der Waals surface area contributed by atoms with Gasteiger partial charge in [0.05, 0.1) is 6.33 Å². The molecule has 1 aromatic heterocycles. The van der Waals surface area contributed by atoms with Gasteiger partial charge in [-0.05, 0) is 6.42 Å². The zero-order chi connectivity index (χ0) is 12.5. The van der Waals surface area contributed by atoms with E-state index in [0.29, 0.717) is 5.69 Å². The second kappa shape index (κ2) is 7.46. The predicted octanol–water partition coefficient (Wildman–Crippen LogP) is 2.99. The molecule has 0 unspecified atom stereocenters. The molecule has 0 radical (unpaired) electrons. The molecule has 0 amide bonds. The molecule has 0 fully saturated rings. The van der Waals surface area contributed by atoms with Crippen molar-refractivity contribution < 1.29 is 0 Å². The molecule has 1 heterocycles. The van der Waals surface area contributed by atoms with Crippen molar-refractivity contribution in [1.29, 1.82) is 10.5 Å². The van der Waals surface area contributed by atoms with Gasteiger partial charge in [0.2, 0.25) is 0 Å². The minimum absolute atomic E-state index is 0.235. The second-order valence-corrected chi connectivity index (χ2v) is 4.13. The first-order chi connectivity index (χ1) is 8.33. The van der Waals surface area contributed by atoms with Gasteiger partial charge in [0, 0.05) is 6.54 Å². The Balaban J connectivity index is 2.35. The molecule has 4 nitrogen and oxygen atoms in total. The van der Waals surface area contributed by atoms with Crippen LogP contribution in [0.25, 0.3) is 0 Å². The molecular formula is C13H18N4. The minimum Gasteiger partial charge on any atom is -0.321 e. The smallest absolute Gasteiger partial charge is 0.176 e. The van der Waals surface area contributed by atoms with Gasteiger partial charge < -0.3 is 4.57 Å². The lowest BCUT2D eigenvalue weighted by Gasteiger charge is -2.03. The minimum atomic E-state index is 0.235. The quantitative estimate of drug-likeness (QED) is 0.676. The van der Waals surface area contributed by atoms with Crippen LogP contribution in [0, 0.1) is 22.7 Å². The maximum atomic E-state index is 8.93. The van der Waals surface area contributed by atoms with E-state index in [0.717, 1.165) is 13.0 Å². The Morgan fingerprint density at radius 3 is 2.47 bits per heavy atom. The molecule has 0 aliphatic carbocycles. The first kappa shape index (κ1) is 13.3. The third kappa shape index (κ3) is 3.92. The fraction of sp³-hybridized carbons (Fsp3) is 0.615. The number of rotatable bonds is 7. The highest BCUT2D eigenvalue weighted by molar-refractivity contribution is 5.35. The van der Waals surface area contributed by atoms with Crippen molar-refractivity contribution in [3.05, 3.63) is 17.7 Å². The SMILES string of the molecule is CCCCCCCCn1cnc(C#N)c1C#N. The fourth-order valence-corrected chi connectivity index (χ4v) is 1.81. The van der Waals surface area contributed by atoms with Crippen LogP contribution in [-0.2, 0) is 6.54 Å². The predicted molar refractivity (Wildman–Crippen MR) is 65.0 cm³/mol. The lowest BCUT2D eigenvalue weighted by Crippen LogP contribution is -2.00.